The van der Waals surface area contributed by atoms with E-state index in [-0.39, 0.29) is 49.2 Å². The molecule has 0 aromatic heterocycles. The number of benzene rings is 2. The molecule has 0 spiro atoms. The number of ether oxygens (including phenoxy) is 3. The Hall–Kier alpha value is -3.30. The predicted octanol–water partition coefficient (Wildman–Crippen LogP) is 4.29. The number of nitrogens with zero attached hydrogens (tertiary/aromatic N) is 2. The molecule has 0 bridgehead atoms. The van der Waals surface area contributed by atoms with Crippen molar-refractivity contribution >= 4 is 17.5 Å². The van der Waals surface area contributed by atoms with Crippen molar-refractivity contribution in [1.29, 1.82) is 0 Å². The first-order valence-corrected chi connectivity index (χ1v) is 14.4. The van der Waals surface area contributed by atoms with Gasteiger partial charge in [0, 0.05) is 37.2 Å². The van der Waals surface area contributed by atoms with Crippen molar-refractivity contribution in [1.82, 2.24) is 9.80 Å². The maximum Gasteiger partial charge on any atom is 0.258 e. The minimum absolute atomic E-state index is 0.0102. The van der Waals surface area contributed by atoms with Crippen molar-refractivity contribution < 1.29 is 28.9 Å². The molecule has 9 nitrogen and oxygen atoms in total. The van der Waals surface area contributed by atoms with E-state index in [9.17, 15) is 14.7 Å². The third-order valence-electron chi connectivity index (χ3n) is 8.29. The largest absolute Gasteiger partial charge is 0.488 e. The molecule has 0 radical (unpaired) electrons. The van der Waals surface area contributed by atoms with Gasteiger partial charge < -0.3 is 29.5 Å². The van der Waals surface area contributed by atoms with E-state index in [1.807, 2.05) is 38.2 Å². The van der Waals surface area contributed by atoms with Crippen molar-refractivity contribution in [2.24, 2.45) is 11.8 Å². The Labute approximate surface area is 236 Å². The van der Waals surface area contributed by atoms with E-state index in [4.69, 9.17) is 14.2 Å². The molecule has 2 aromatic rings. The van der Waals surface area contributed by atoms with Gasteiger partial charge in [0.1, 0.15) is 11.9 Å². The molecule has 216 valence electrons. The highest BCUT2D eigenvalue weighted by Gasteiger charge is 2.34. The lowest BCUT2D eigenvalue weighted by Gasteiger charge is -2.38. The number of likely N-dealkylation sites (N-methyl/N-ethyl adjacent to an activating group) is 1. The molecular weight excluding hydrogens is 510 g/mol. The summed E-state index contributed by atoms with van der Waals surface area (Å²) in [6, 6.07) is 10.9. The summed E-state index contributed by atoms with van der Waals surface area (Å²) in [7, 11) is 2.05. The second kappa shape index (κ2) is 12.5. The summed E-state index contributed by atoms with van der Waals surface area (Å²) in [6.07, 6.45) is 4.93. The minimum atomic E-state index is -0.353. The summed E-state index contributed by atoms with van der Waals surface area (Å²) in [5.74, 6) is 1.84. The third kappa shape index (κ3) is 6.36. The monoisotopic (exact) mass is 551 g/mol. The number of amides is 2. The zero-order valence-corrected chi connectivity index (χ0v) is 23.7. The van der Waals surface area contributed by atoms with Gasteiger partial charge >= 0.3 is 0 Å². The van der Waals surface area contributed by atoms with Gasteiger partial charge in [-0.25, -0.2) is 0 Å². The molecule has 3 aliphatic rings. The predicted molar refractivity (Wildman–Crippen MR) is 152 cm³/mol. The molecule has 0 unspecified atom stereocenters. The van der Waals surface area contributed by atoms with Gasteiger partial charge in [-0.1, -0.05) is 32.3 Å². The summed E-state index contributed by atoms with van der Waals surface area (Å²) in [6.45, 7) is 5.80. The highest BCUT2D eigenvalue weighted by molar-refractivity contribution is 6.00. The number of carbonyl (C=O) groups is 2. The minimum Gasteiger partial charge on any atom is -0.488 e. The van der Waals surface area contributed by atoms with Crippen LogP contribution in [0, 0.1) is 11.8 Å². The summed E-state index contributed by atoms with van der Waals surface area (Å²) in [5.41, 5.74) is 2.10. The van der Waals surface area contributed by atoms with Crippen LogP contribution in [-0.2, 0) is 11.3 Å². The lowest BCUT2D eigenvalue weighted by Crippen LogP contribution is -2.49. The molecule has 9 heteroatoms. The lowest BCUT2D eigenvalue weighted by atomic mass is 9.88. The van der Waals surface area contributed by atoms with Crippen molar-refractivity contribution in [3.63, 3.8) is 0 Å². The third-order valence-corrected chi connectivity index (χ3v) is 8.29. The quantitative estimate of drug-likeness (QED) is 0.505. The first-order chi connectivity index (χ1) is 19.3. The molecule has 40 heavy (non-hydrogen) atoms. The number of nitrogens with one attached hydrogen (secondary N) is 1. The maximum atomic E-state index is 13.7. The zero-order valence-electron chi connectivity index (χ0n) is 23.7. The van der Waals surface area contributed by atoms with Gasteiger partial charge in [0.25, 0.3) is 5.91 Å². The molecular formula is C31H41N3O6. The standard InChI is InChI=1S/C31H41N3O6/c1-20-15-34(21(2)18-35)31(37)25-14-24(32-30(36)23-7-5-4-6-8-23)10-12-26(25)40-29(20)17-33(3)16-22-9-11-27-28(13-22)39-19-38-27/h9-14,20-21,23,29,35H,4-8,15-19H2,1-3H3,(H,32,36)/t20-,21+,29+/m1/s1. The molecule has 3 atom stereocenters. The van der Waals surface area contributed by atoms with Crippen LogP contribution in [0.4, 0.5) is 5.69 Å². The summed E-state index contributed by atoms with van der Waals surface area (Å²) < 4.78 is 17.5. The van der Waals surface area contributed by atoms with Crippen LogP contribution in [0.15, 0.2) is 36.4 Å². The van der Waals surface area contributed by atoms with Gasteiger partial charge in [0.05, 0.1) is 18.2 Å². The average molecular weight is 552 g/mol. The molecule has 1 fully saturated rings. The molecule has 2 amide bonds. The Morgan fingerprint density at radius 1 is 1.10 bits per heavy atom. The Kier molecular flexibility index (Phi) is 8.81. The fourth-order valence-corrected chi connectivity index (χ4v) is 5.85. The van der Waals surface area contributed by atoms with E-state index in [1.165, 1.54) is 6.42 Å². The van der Waals surface area contributed by atoms with Gasteiger partial charge in [-0.05, 0) is 62.7 Å². The first-order valence-electron chi connectivity index (χ1n) is 14.4. The van der Waals surface area contributed by atoms with E-state index in [2.05, 4.69) is 17.1 Å². The highest BCUT2D eigenvalue weighted by Crippen LogP contribution is 2.34. The molecule has 2 heterocycles. The summed E-state index contributed by atoms with van der Waals surface area (Å²) >= 11 is 0. The first kappa shape index (κ1) is 28.2. The highest BCUT2D eigenvalue weighted by atomic mass is 16.7. The van der Waals surface area contributed by atoms with Crippen molar-refractivity contribution in [2.45, 2.75) is 64.6 Å². The summed E-state index contributed by atoms with van der Waals surface area (Å²) in [5, 5.41) is 13.0. The van der Waals surface area contributed by atoms with Crippen LogP contribution in [-0.4, -0.2) is 72.4 Å². The number of aliphatic hydroxyl groups is 1. The van der Waals surface area contributed by atoms with Crippen LogP contribution in [0.5, 0.6) is 17.2 Å². The number of hydrogen-bond acceptors (Lipinski definition) is 7. The van der Waals surface area contributed by atoms with E-state index in [0.29, 0.717) is 36.6 Å². The molecule has 2 aliphatic heterocycles. The number of carbonyl (C=O) groups excluding carboxylic acids is 2. The Bertz CT molecular complexity index is 1210. The normalized spacial score (nSPS) is 21.8. The molecule has 2 N–H and O–H groups in total. The second-order valence-corrected chi connectivity index (χ2v) is 11.5. The molecule has 5 rings (SSSR count). The van der Waals surface area contributed by atoms with Crippen molar-refractivity contribution in [3.8, 4) is 17.2 Å². The van der Waals surface area contributed by atoms with Gasteiger partial charge in [-0.3, -0.25) is 14.5 Å². The maximum absolute atomic E-state index is 13.7. The second-order valence-electron chi connectivity index (χ2n) is 11.5. The number of aliphatic hydroxyl groups excluding tert-OH is 1. The van der Waals surface area contributed by atoms with Crippen LogP contribution in [0.2, 0.25) is 0 Å². The molecule has 1 saturated carbocycles. The molecule has 0 saturated heterocycles. The zero-order chi connectivity index (χ0) is 28.2. The van der Waals surface area contributed by atoms with Gasteiger partial charge in [-0.15, -0.1) is 0 Å². The number of rotatable bonds is 8. The van der Waals surface area contributed by atoms with Gasteiger partial charge in [-0.2, -0.15) is 0 Å². The van der Waals surface area contributed by atoms with E-state index >= 15 is 0 Å². The fourth-order valence-electron chi connectivity index (χ4n) is 5.85. The average Bonchev–Trinajstić information content (AvgIpc) is 3.43. The molecule has 2 aromatic carbocycles. The smallest absolute Gasteiger partial charge is 0.258 e. The van der Waals surface area contributed by atoms with E-state index in [1.54, 1.807) is 17.0 Å². The fraction of sp³-hybridized carbons (Fsp3) is 0.548. The van der Waals surface area contributed by atoms with E-state index < -0.39 is 0 Å². The van der Waals surface area contributed by atoms with Crippen LogP contribution in [0.25, 0.3) is 0 Å². The van der Waals surface area contributed by atoms with Crippen LogP contribution in [0.3, 0.4) is 0 Å². The van der Waals surface area contributed by atoms with Crippen LogP contribution < -0.4 is 19.5 Å². The van der Waals surface area contributed by atoms with Crippen LogP contribution >= 0.6 is 0 Å². The van der Waals surface area contributed by atoms with E-state index in [0.717, 1.165) is 42.7 Å². The summed E-state index contributed by atoms with van der Waals surface area (Å²) in [4.78, 5) is 30.5. The number of fused-ring (bicyclic) bond motifs is 2. The van der Waals surface area contributed by atoms with Crippen LogP contribution in [0.1, 0.15) is 61.9 Å². The Balaban J connectivity index is 1.35. The Morgan fingerprint density at radius 3 is 2.62 bits per heavy atom. The van der Waals surface area contributed by atoms with Crippen molar-refractivity contribution in [3.05, 3.63) is 47.5 Å². The lowest BCUT2D eigenvalue weighted by molar-refractivity contribution is -0.120. The molecule has 1 aliphatic carbocycles. The van der Waals surface area contributed by atoms with Gasteiger partial charge in [0.15, 0.2) is 11.5 Å². The topological polar surface area (TPSA) is 101 Å². The number of anilines is 1. The van der Waals surface area contributed by atoms with Crippen molar-refractivity contribution in [2.75, 3.05) is 38.9 Å². The van der Waals surface area contributed by atoms with Gasteiger partial charge in [0.2, 0.25) is 12.7 Å². The Morgan fingerprint density at radius 2 is 1.85 bits per heavy atom. The number of hydrogen-bond donors (Lipinski definition) is 2. The SMILES string of the molecule is C[C@@H]1CN([C@@H](C)CO)C(=O)c2cc(NC(=O)C3CCCCC3)ccc2O[C@H]1CN(C)Cc1ccc2c(c1)OCO2.